The van der Waals surface area contributed by atoms with Crippen LogP contribution in [0.4, 0.5) is 4.79 Å². The van der Waals surface area contributed by atoms with E-state index in [4.69, 9.17) is 17.0 Å². The van der Waals surface area contributed by atoms with Gasteiger partial charge in [-0.15, -0.1) is 0 Å². The normalized spacial score (nSPS) is 12.5. The van der Waals surface area contributed by atoms with Crippen molar-refractivity contribution in [2.75, 3.05) is 7.05 Å². The van der Waals surface area contributed by atoms with Crippen LogP contribution in [0.1, 0.15) is 43.9 Å². The van der Waals surface area contributed by atoms with E-state index in [9.17, 15) is 4.79 Å². The summed E-state index contributed by atoms with van der Waals surface area (Å²) in [6.45, 7) is 5.54. The Morgan fingerprint density at radius 2 is 1.21 bits per heavy atom. The summed E-state index contributed by atoms with van der Waals surface area (Å²) in [4.78, 5) is 13.3. The predicted octanol–water partition coefficient (Wildman–Crippen LogP) is 5.85. The number of hydrogen-bond acceptors (Lipinski definition) is 3. The van der Waals surface area contributed by atoms with E-state index >= 15 is 0 Å². The zero-order chi connectivity index (χ0) is 23.9. The molecular weight excluding hydrogens is 428 g/mol. The molecule has 0 unspecified atom stereocenters. The number of amides is 1. The van der Waals surface area contributed by atoms with Gasteiger partial charge < -0.3 is 15.4 Å². The topological polar surface area (TPSA) is 50.4 Å². The summed E-state index contributed by atoms with van der Waals surface area (Å²) in [5, 5.41) is 6.10. The Morgan fingerprint density at radius 3 is 1.55 bits per heavy atom. The molecule has 3 rings (SSSR count). The molecule has 0 fully saturated rings. The predicted molar refractivity (Wildman–Crippen MR) is 139 cm³/mol. The third kappa shape index (κ3) is 5.99. The monoisotopic (exact) mass is 460 g/mol. The molecule has 0 aliphatic rings. The lowest BCUT2D eigenvalue weighted by Gasteiger charge is -2.39. The van der Waals surface area contributed by atoms with Crippen LogP contribution in [0.25, 0.3) is 0 Å². The molecule has 0 aliphatic heterocycles. The van der Waals surface area contributed by atoms with E-state index in [1.807, 2.05) is 75.4 Å². The highest BCUT2D eigenvalue weighted by Gasteiger charge is 2.40. The minimum absolute atomic E-state index is 0.458. The maximum atomic E-state index is 12.8. The van der Waals surface area contributed by atoms with Gasteiger partial charge in [-0.05, 0) is 43.9 Å². The minimum atomic E-state index is -0.606. The largest absolute Gasteiger partial charge is 0.444 e. The molecule has 0 aliphatic carbocycles. The third-order valence-electron chi connectivity index (χ3n) is 5.56. The standard InChI is InChI=1S/C28H32N2O2S/c1-27(2,3)32-26(31)30-24(25(33)29-4)20-28(21-14-8-5-9-15-21,22-16-10-6-11-17-22)23-18-12-7-13-19-23/h5-19,24H,20H2,1-4H3,(H,29,33)(H,30,31)/t24-/m1/s1. The van der Waals surface area contributed by atoms with Crippen molar-refractivity contribution in [1.29, 1.82) is 0 Å². The fourth-order valence-electron chi connectivity index (χ4n) is 4.16. The van der Waals surface area contributed by atoms with Gasteiger partial charge >= 0.3 is 6.09 Å². The Hall–Kier alpha value is -3.18. The van der Waals surface area contributed by atoms with E-state index in [0.717, 1.165) is 16.7 Å². The van der Waals surface area contributed by atoms with Crippen molar-refractivity contribution in [1.82, 2.24) is 10.6 Å². The van der Waals surface area contributed by atoms with E-state index < -0.39 is 23.2 Å². The van der Waals surface area contributed by atoms with Crippen molar-refractivity contribution in [2.45, 2.75) is 44.2 Å². The SMILES string of the molecule is CNC(=S)[C@@H](CC(c1ccccc1)(c1ccccc1)c1ccccc1)NC(=O)OC(C)(C)C. The van der Waals surface area contributed by atoms with Gasteiger partial charge in [-0.2, -0.15) is 0 Å². The smallest absolute Gasteiger partial charge is 0.408 e. The highest BCUT2D eigenvalue weighted by Crippen LogP contribution is 2.43. The number of ether oxygens (including phenoxy) is 1. The molecule has 1 amide bonds. The molecule has 0 bridgehead atoms. The second kappa shape index (κ2) is 10.6. The van der Waals surface area contributed by atoms with Gasteiger partial charge in [-0.1, -0.05) is 103 Å². The lowest BCUT2D eigenvalue weighted by molar-refractivity contribution is 0.0514. The van der Waals surface area contributed by atoms with Crippen LogP contribution < -0.4 is 10.6 Å². The number of carbonyl (C=O) groups is 1. The molecular formula is C28H32N2O2S. The van der Waals surface area contributed by atoms with Gasteiger partial charge in [-0.3, -0.25) is 0 Å². The van der Waals surface area contributed by atoms with Crippen molar-refractivity contribution in [3.8, 4) is 0 Å². The van der Waals surface area contributed by atoms with Crippen LogP contribution in [-0.4, -0.2) is 29.8 Å². The van der Waals surface area contributed by atoms with Gasteiger partial charge in [0, 0.05) is 12.5 Å². The van der Waals surface area contributed by atoms with Gasteiger partial charge in [0.05, 0.1) is 11.0 Å². The van der Waals surface area contributed by atoms with E-state index in [1.54, 1.807) is 7.05 Å². The Bertz CT molecular complexity index is 951. The lowest BCUT2D eigenvalue weighted by atomic mass is 9.66. The molecule has 33 heavy (non-hydrogen) atoms. The molecule has 3 aromatic rings. The number of alkyl carbamates (subject to hydrolysis) is 1. The number of carbonyl (C=O) groups excluding carboxylic acids is 1. The van der Waals surface area contributed by atoms with Crippen molar-refractivity contribution >= 4 is 23.3 Å². The first-order chi connectivity index (χ1) is 15.8. The summed E-state index contributed by atoms with van der Waals surface area (Å²) >= 11 is 5.67. The van der Waals surface area contributed by atoms with Crippen LogP contribution in [0.2, 0.25) is 0 Å². The molecule has 2 N–H and O–H groups in total. The quantitative estimate of drug-likeness (QED) is 0.343. The van der Waals surface area contributed by atoms with Crippen molar-refractivity contribution in [3.63, 3.8) is 0 Å². The Kier molecular flexibility index (Phi) is 7.88. The second-order valence-corrected chi connectivity index (χ2v) is 9.46. The minimum Gasteiger partial charge on any atom is -0.444 e. The maximum Gasteiger partial charge on any atom is 0.408 e. The summed E-state index contributed by atoms with van der Waals surface area (Å²) in [5.41, 5.74) is 2.21. The van der Waals surface area contributed by atoms with E-state index in [0.29, 0.717) is 11.4 Å². The van der Waals surface area contributed by atoms with E-state index in [1.165, 1.54) is 0 Å². The van der Waals surface area contributed by atoms with Gasteiger partial charge in [0.15, 0.2) is 0 Å². The number of nitrogens with one attached hydrogen (secondary N) is 2. The first-order valence-electron chi connectivity index (χ1n) is 11.1. The molecule has 0 radical (unpaired) electrons. The Labute approximate surface area is 202 Å². The Balaban J connectivity index is 2.17. The molecule has 0 spiro atoms. The van der Waals surface area contributed by atoms with Crippen LogP contribution in [0, 0.1) is 0 Å². The summed E-state index contributed by atoms with van der Waals surface area (Å²) in [6, 6.07) is 30.6. The average Bonchev–Trinajstić information content (AvgIpc) is 2.82. The summed E-state index contributed by atoms with van der Waals surface area (Å²) in [6.07, 6.45) is 0.0254. The molecule has 4 nitrogen and oxygen atoms in total. The first-order valence-corrected chi connectivity index (χ1v) is 11.5. The van der Waals surface area contributed by atoms with Gasteiger partial charge in [-0.25, -0.2) is 4.79 Å². The number of hydrogen-bond donors (Lipinski definition) is 2. The van der Waals surface area contributed by atoms with Crippen LogP contribution >= 0.6 is 12.2 Å². The number of benzene rings is 3. The molecule has 3 aromatic carbocycles. The second-order valence-electron chi connectivity index (χ2n) is 9.02. The molecule has 0 heterocycles. The molecule has 0 saturated carbocycles. The highest BCUT2D eigenvalue weighted by molar-refractivity contribution is 7.80. The number of rotatable bonds is 7. The van der Waals surface area contributed by atoms with Crippen molar-refractivity contribution in [2.24, 2.45) is 0 Å². The van der Waals surface area contributed by atoms with Crippen molar-refractivity contribution < 1.29 is 9.53 Å². The van der Waals surface area contributed by atoms with Crippen LogP contribution in [-0.2, 0) is 10.2 Å². The number of thiocarbonyl (C=S) groups is 1. The summed E-state index contributed by atoms with van der Waals surface area (Å²) < 4.78 is 5.56. The van der Waals surface area contributed by atoms with Crippen LogP contribution in [0.15, 0.2) is 91.0 Å². The Morgan fingerprint density at radius 1 is 0.818 bits per heavy atom. The summed E-state index contributed by atoms with van der Waals surface area (Å²) in [5.74, 6) is 0. The first kappa shape index (κ1) is 24.5. The molecule has 0 saturated heterocycles. The maximum absolute atomic E-state index is 12.8. The van der Waals surface area contributed by atoms with Crippen LogP contribution in [0.3, 0.4) is 0 Å². The summed E-state index contributed by atoms with van der Waals surface area (Å²) in [7, 11) is 1.78. The van der Waals surface area contributed by atoms with Crippen LogP contribution in [0.5, 0.6) is 0 Å². The van der Waals surface area contributed by atoms with Crippen molar-refractivity contribution in [3.05, 3.63) is 108 Å². The fraction of sp³-hybridized carbons (Fsp3) is 0.286. The van der Waals surface area contributed by atoms with Gasteiger partial charge in [0.1, 0.15) is 5.60 Å². The zero-order valence-corrected chi connectivity index (χ0v) is 20.5. The van der Waals surface area contributed by atoms with Gasteiger partial charge in [0.25, 0.3) is 0 Å². The van der Waals surface area contributed by atoms with E-state index in [2.05, 4.69) is 47.0 Å². The third-order valence-corrected chi connectivity index (χ3v) is 6.05. The number of likely N-dealkylation sites (N-methyl/N-ethyl adjacent to an activating group) is 1. The lowest BCUT2D eigenvalue weighted by Crippen LogP contribution is -2.50. The van der Waals surface area contributed by atoms with E-state index in [-0.39, 0.29) is 0 Å². The molecule has 172 valence electrons. The fourth-order valence-corrected chi connectivity index (χ4v) is 4.30. The molecule has 5 heteroatoms. The molecule has 0 aromatic heterocycles. The average molecular weight is 461 g/mol. The molecule has 1 atom stereocenters. The zero-order valence-electron chi connectivity index (χ0n) is 19.7. The van der Waals surface area contributed by atoms with Gasteiger partial charge in [0.2, 0.25) is 0 Å². The highest BCUT2D eigenvalue weighted by atomic mass is 32.1.